The highest BCUT2D eigenvalue weighted by molar-refractivity contribution is 7.92. The lowest BCUT2D eigenvalue weighted by Crippen LogP contribution is -2.24. The highest BCUT2D eigenvalue weighted by Gasteiger charge is 2.23. The molecule has 28 heavy (non-hydrogen) atoms. The summed E-state index contributed by atoms with van der Waals surface area (Å²) in [5.74, 6) is 0.124. The number of ether oxygens (including phenoxy) is 1. The standard InChI is InChI=1S/C19H22N2O6S/c1-12-11-16(13-7-9-26-10-8-13)27-19(23)17(12)18(22)20-14-3-5-15(6-4-14)21-28(2,24)25/h3-6,11,13,21H,7-10H2,1-2H3,(H,20,22). The molecule has 1 saturated heterocycles. The van der Waals surface area contributed by atoms with Crippen LogP contribution in [0.15, 0.2) is 39.5 Å². The number of hydrogen-bond donors (Lipinski definition) is 2. The van der Waals surface area contributed by atoms with Gasteiger partial charge >= 0.3 is 5.63 Å². The quantitative estimate of drug-likeness (QED) is 0.788. The number of anilines is 2. The molecule has 0 aliphatic carbocycles. The molecule has 1 amide bonds. The van der Waals surface area contributed by atoms with E-state index >= 15 is 0 Å². The lowest BCUT2D eigenvalue weighted by Gasteiger charge is -2.21. The minimum atomic E-state index is -3.38. The van der Waals surface area contributed by atoms with E-state index in [2.05, 4.69) is 10.0 Å². The second-order valence-corrected chi connectivity index (χ2v) is 8.54. The third-order valence-electron chi connectivity index (χ3n) is 4.46. The topological polar surface area (TPSA) is 115 Å². The molecule has 2 aromatic rings. The summed E-state index contributed by atoms with van der Waals surface area (Å²) in [7, 11) is -3.38. The molecule has 0 atom stereocenters. The Kier molecular flexibility index (Phi) is 5.85. The van der Waals surface area contributed by atoms with Crippen molar-refractivity contribution >= 4 is 27.3 Å². The summed E-state index contributed by atoms with van der Waals surface area (Å²) >= 11 is 0. The maximum absolute atomic E-state index is 12.6. The van der Waals surface area contributed by atoms with Crippen molar-refractivity contribution in [3.8, 4) is 0 Å². The van der Waals surface area contributed by atoms with Gasteiger partial charge in [-0.25, -0.2) is 13.2 Å². The van der Waals surface area contributed by atoms with Crippen molar-refractivity contribution in [1.82, 2.24) is 0 Å². The van der Waals surface area contributed by atoms with Crippen LogP contribution in [-0.4, -0.2) is 33.8 Å². The SMILES string of the molecule is Cc1cc(C2CCOCC2)oc(=O)c1C(=O)Nc1ccc(NS(C)(=O)=O)cc1. The number of benzene rings is 1. The van der Waals surface area contributed by atoms with Crippen LogP contribution in [-0.2, 0) is 14.8 Å². The minimum Gasteiger partial charge on any atom is -0.427 e. The van der Waals surface area contributed by atoms with E-state index in [0.717, 1.165) is 19.1 Å². The number of nitrogens with one attached hydrogen (secondary N) is 2. The fourth-order valence-electron chi connectivity index (χ4n) is 3.12. The predicted molar refractivity (Wildman–Crippen MR) is 105 cm³/mol. The highest BCUT2D eigenvalue weighted by Crippen LogP contribution is 2.27. The lowest BCUT2D eigenvalue weighted by molar-refractivity contribution is 0.0796. The van der Waals surface area contributed by atoms with Gasteiger partial charge in [0, 0.05) is 30.5 Å². The molecule has 0 spiro atoms. The number of carbonyl (C=O) groups is 1. The van der Waals surface area contributed by atoms with Crippen LogP contribution in [0.1, 0.15) is 40.4 Å². The molecule has 9 heteroatoms. The minimum absolute atomic E-state index is 0.0471. The molecule has 2 N–H and O–H groups in total. The van der Waals surface area contributed by atoms with Crippen molar-refractivity contribution in [3.05, 3.63) is 57.6 Å². The summed E-state index contributed by atoms with van der Waals surface area (Å²) in [6, 6.07) is 7.85. The fourth-order valence-corrected chi connectivity index (χ4v) is 3.68. The zero-order chi connectivity index (χ0) is 20.3. The number of aryl methyl sites for hydroxylation is 1. The maximum atomic E-state index is 12.6. The molecule has 1 aromatic heterocycles. The molecule has 1 aliphatic heterocycles. The van der Waals surface area contributed by atoms with Crippen LogP contribution in [0.3, 0.4) is 0 Å². The number of rotatable bonds is 5. The van der Waals surface area contributed by atoms with Crippen molar-refractivity contribution in [2.75, 3.05) is 29.5 Å². The molecule has 3 rings (SSSR count). The summed E-state index contributed by atoms with van der Waals surface area (Å²) in [5.41, 5.74) is 0.627. The Labute approximate surface area is 163 Å². The maximum Gasteiger partial charge on any atom is 0.349 e. The van der Waals surface area contributed by atoms with Crippen molar-refractivity contribution in [2.45, 2.75) is 25.7 Å². The van der Waals surface area contributed by atoms with Gasteiger partial charge in [-0.2, -0.15) is 0 Å². The van der Waals surface area contributed by atoms with Gasteiger partial charge in [-0.15, -0.1) is 0 Å². The van der Waals surface area contributed by atoms with Crippen molar-refractivity contribution in [1.29, 1.82) is 0 Å². The van der Waals surface area contributed by atoms with E-state index in [1.165, 1.54) is 12.1 Å². The van der Waals surface area contributed by atoms with Crippen LogP contribution < -0.4 is 15.7 Å². The summed E-state index contributed by atoms with van der Waals surface area (Å²) in [6.07, 6.45) is 2.61. The first kappa shape index (κ1) is 20.1. The van der Waals surface area contributed by atoms with Crippen molar-refractivity contribution < 1.29 is 22.4 Å². The van der Waals surface area contributed by atoms with Crippen LogP contribution in [0, 0.1) is 6.92 Å². The summed E-state index contributed by atoms with van der Waals surface area (Å²) in [5, 5.41) is 2.63. The number of amides is 1. The lowest BCUT2D eigenvalue weighted by atomic mass is 9.95. The van der Waals surface area contributed by atoms with E-state index in [-0.39, 0.29) is 11.5 Å². The molecule has 1 aliphatic rings. The molecule has 2 heterocycles. The molecule has 0 unspecified atom stereocenters. The average Bonchev–Trinajstić information content (AvgIpc) is 2.62. The molecule has 0 bridgehead atoms. The van der Waals surface area contributed by atoms with Crippen LogP contribution in [0.4, 0.5) is 11.4 Å². The average molecular weight is 406 g/mol. The summed E-state index contributed by atoms with van der Waals surface area (Å²) < 4.78 is 35.5. The van der Waals surface area contributed by atoms with Crippen molar-refractivity contribution in [2.24, 2.45) is 0 Å². The molecule has 0 radical (unpaired) electrons. The Hall–Kier alpha value is -2.65. The molecule has 1 aromatic carbocycles. The second-order valence-electron chi connectivity index (χ2n) is 6.79. The van der Waals surface area contributed by atoms with Crippen LogP contribution in [0.5, 0.6) is 0 Å². The Morgan fingerprint density at radius 2 is 1.71 bits per heavy atom. The monoisotopic (exact) mass is 406 g/mol. The van der Waals surface area contributed by atoms with Crippen molar-refractivity contribution in [3.63, 3.8) is 0 Å². The normalized spacial score (nSPS) is 15.2. The summed E-state index contributed by atoms with van der Waals surface area (Å²) in [4.78, 5) is 25.0. The highest BCUT2D eigenvalue weighted by atomic mass is 32.2. The van der Waals surface area contributed by atoms with Gasteiger partial charge in [0.25, 0.3) is 5.91 Å². The first-order valence-electron chi connectivity index (χ1n) is 8.84. The van der Waals surface area contributed by atoms with Gasteiger partial charge in [-0.3, -0.25) is 9.52 Å². The van der Waals surface area contributed by atoms with E-state index in [0.29, 0.717) is 35.9 Å². The van der Waals surface area contributed by atoms with Gasteiger partial charge < -0.3 is 14.5 Å². The zero-order valence-corrected chi connectivity index (χ0v) is 16.5. The Morgan fingerprint density at radius 3 is 2.29 bits per heavy atom. The molecular weight excluding hydrogens is 384 g/mol. The predicted octanol–water partition coefficient (Wildman–Crippen LogP) is 2.47. The van der Waals surface area contributed by atoms with Gasteiger partial charge in [0.1, 0.15) is 11.3 Å². The van der Waals surface area contributed by atoms with E-state index in [4.69, 9.17) is 9.15 Å². The van der Waals surface area contributed by atoms with E-state index in [1.54, 1.807) is 25.1 Å². The zero-order valence-electron chi connectivity index (χ0n) is 15.7. The second kappa shape index (κ2) is 8.15. The molecular formula is C19H22N2O6S. The van der Waals surface area contributed by atoms with Gasteiger partial charge in [0.2, 0.25) is 10.0 Å². The number of carbonyl (C=O) groups excluding carboxylic acids is 1. The Balaban J connectivity index is 1.76. The smallest absolute Gasteiger partial charge is 0.349 e. The number of sulfonamides is 1. The van der Waals surface area contributed by atoms with Gasteiger partial charge in [0.15, 0.2) is 0 Å². The van der Waals surface area contributed by atoms with Crippen LogP contribution in [0.25, 0.3) is 0 Å². The number of hydrogen-bond acceptors (Lipinski definition) is 6. The van der Waals surface area contributed by atoms with E-state index < -0.39 is 21.6 Å². The Morgan fingerprint density at radius 1 is 1.11 bits per heavy atom. The third-order valence-corrected chi connectivity index (χ3v) is 5.07. The largest absolute Gasteiger partial charge is 0.427 e. The first-order chi connectivity index (χ1) is 13.2. The third kappa shape index (κ3) is 4.99. The molecule has 150 valence electrons. The molecule has 0 saturated carbocycles. The Bertz CT molecular complexity index is 1020. The summed E-state index contributed by atoms with van der Waals surface area (Å²) in [6.45, 7) is 2.95. The van der Waals surface area contributed by atoms with Gasteiger partial charge in [-0.05, 0) is 55.7 Å². The fraction of sp³-hybridized carbons (Fsp3) is 0.368. The van der Waals surface area contributed by atoms with E-state index in [9.17, 15) is 18.0 Å². The van der Waals surface area contributed by atoms with Crippen LogP contribution in [0.2, 0.25) is 0 Å². The van der Waals surface area contributed by atoms with Gasteiger partial charge in [0.05, 0.1) is 6.26 Å². The van der Waals surface area contributed by atoms with Crippen LogP contribution >= 0.6 is 0 Å². The van der Waals surface area contributed by atoms with E-state index in [1.807, 2.05) is 0 Å². The van der Waals surface area contributed by atoms with Gasteiger partial charge in [-0.1, -0.05) is 0 Å². The first-order valence-corrected chi connectivity index (χ1v) is 10.7. The molecule has 1 fully saturated rings. The molecule has 8 nitrogen and oxygen atoms in total.